The molecule has 0 saturated carbocycles. The highest BCUT2D eigenvalue weighted by Gasteiger charge is 2.08. The average Bonchev–Trinajstić information content (AvgIpc) is 2.61. The van der Waals surface area contributed by atoms with E-state index in [1.165, 1.54) is 48.8 Å². The second-order valence-corrected chi connectivity index (χ2v) is 5.14. The summed E-state index contributed by atoms with van der Waals surface area (Å²) in [7, 11) is 0. The van der Waals surface area contributed by atoms with Crippen LogP contribution in [0, 0.1) is 11.6 Å². The maximum absolute atomic E-state index is 13.5. The minimum Gasteiger partial charge on any atom is -0.421 e. The summed E-state index contributed by atoms with van der Waals surface area (Å²) in [5.74, 6) is -1.17. The van der Waals surface area contributed by atoms with Gasteiger partial charge in [0.1, 0.15) is 5.82 Å². The van der Waals surface area contributed by atoms with Gasteiger partial charge in [0.25, 0.3) is 0 Å². The molecule has 0 saturated heterocycles. The van der Waals surface area contributed by atoms with Crippen LogP contribution in [-0.2, 0) is 11.2 Å². The van der Waals surface area contributed by atoms with E-state index in [4.69, 9.17) is 4.74 Å². The average molecular weight is 341 g/mol. The van der Waals surface area contributed by atoms with Crippen molar-refractivity contribution >= 4 is 11.6 Å². The van der Waals surface area contributed by atoms with E-state index in [2.05, 4.69) is 15.3 Å². The lowest BCUT2D eigenvalue weighted by molar-refractivity contribution is -0.115. The third-order valence-corrected chi connectivity index (χ3v) is 3.23. The number of rotatable bonds is 5. The molecule has 0 bridgehead atoms. The van der Waals surface area contributed by atoms with Crippen LogP contribution in [0.2, 0.25) is 0 Å². The predicted octanol–water partition coefficient (Wildman–Crippen LogP) is 3.73. The number of hydrogen-bond donors (Lipinski definition) is 1. The van der Waals surface area contributed by atoms with E-state index in [1.54, 1.807) is 12.1 Å². The molecule has 126 valence electrons. The molecule has 0 fully saturated rings. The molecule has 3 aromatic rings. The lowest BCUT2D eigenvalue weighted by Crippen LogP contribution is -2.14. The number of nitrogens with one attached hydrogen (secondary N) is 1. The number of hydrogen-bond acceptors (Lipinski definition) is 4. The fourth-order valence-electron chi connectivity index (χ4n) is 2.05. The summed E-state index contributed by atoms with van der Waals surface area (Å²) in [6, 6.07) is 11.5. The summed E-state index contributed by atoms with van der Waals surface area (Å²) in [6.07, 6.45) is 2.80. The Labute approximate surface area is 142 Å². The summed E-state index contributed by atoms with van der Waals surface area (Å²) >= 11 is 0. The Morgan fingerprint density at radius 2 is 1.68 bits per heavy atom. The molecule has 1 N–H and O–H groups in total. The van der Waals surface area contributed by atoms with Gasteiger partial charge in [-0.3, -0.25) is 4.79 Å². The van der Waals surface area contributed by atoms with E-state index >= 15 is 0 Å². The van der Waals surface area contributed by atoms with Gasteiger partial charge in [-0.25, -0.2) is 18.7 Å². The molecule has 0 aliphatic heterocycles. The molecule has 1 amide bonds. The molecular weight excluding hydrogens is 328 g/mol. The van der Waals surface area contributed by atoms with Crippen molar-refractivity contribution in [1.29, 1.82) is 0 Å². The van der Waals surface area contributed by atoms with Crippen LogP contribution >= 0.6 is 0 Å². The SMILES string of the molecule is O=C(Cc1ccc(F)cc1)Nc1cnc(Oc2ccccc2F)nc1. The molecule has 0 unspecified atom stereocenters. The normalized spacial score (nSPS) is 10.3. The second kappa shape index (κ2) is 7.48. The van der Waals surface area contributed by atoms with Crippen molar-refractivity contribution in [3.8, 4) is 11.8 Å². The molecular formula is C18H13F2N3O2. The third kappa shape index (κ3) is 4.57. The molecule has 1 aromatic heterocycles. The van der Waals surface area contributed by atoms with Crippen LogP contribution < -0.4 is 10.1 Å². The van der Waals surface area contributed by atoms with Crippen molar-refractivity contribution in [3.05, 3.63) is 78.1 Å². The molecule has 1 heterocycles. The first kappa shape index (κ1) is 16.5. The molecule has 5 nitrogen and oxygen atoms in total. The van der Waals surface area contributed by atoms with Crippen LogP contribution in [0.25, 0.3) is 0 Å². The molecule has 0 spiro atoms. The van der Waals surface area contributed by atoms with Crippen LogP contribution in [0.15, 0.2) is 60.9 Å². The van der Waals surface area contributed by atoms with Gasteiger partial charge in [0, 0.05) is 0 Å². The monoisotopic (exact) mass is 341 g/mol. The largest absolute Gasteiger partial charge is 0.421 e. The number of para-hydroxylation sites is 1. The van der Waals surface area contributed by atoms with Crippen molar-refractivity contribution in [2.24, 2.45) is 0 Å². The summed E-state index contributed by atoms with van der Waals surface area (Å²) in [5.41, 5.74) is 1.05. The summed E-state index contributed by atoms with van der Waals surface area (Å²) in [4.78, 5) is 19.8. The van der Waals surface area contributed by atoms with Gasteiger partial charge >= 0.3 is 6.01 Å². The number of anilines is 1. The molecule has 0 radical (unpaired) electrons. The van der Waals surface area contributed by atoms with E-state index in [1.807, 2.05) is 0 Å². The Bertz CT molecular complexity index is 868. The maximum atomic E-state index is 13.5. The zero-order valence-electron chi connectivity index (χ0n) is 12.9. The number of carbonyl (C=O) groups excluding carboxylic acids is 1. The fraction of sp³-hybridized carbons (Fsp3) is 0.0556. The van der Waals surface area contributed by atoms with Crippen LogP contribution in [0.1, 0.15) is 5.56 Å². The van der Waals surface area contributed by atoms with Crippen LogP contribution in [0.3, 0.4) is 0 Å². The summed E-state index contributed by atoms with van der Waals surface area (Å²) in [5, 5.41) is 2.62. The maximum Gasteiger partial charge on any atom is 0.322 e. The van der Waals surface area contributed by atoms with E-state index in [0.29, 0.717) is 11.3 Å². The summed E-state index contributed by atoms with van der Waals surface area (Å²) in [6.45, 7) is 0. The zero-order valence-corrected chi connectivity index (χ0v) is 12.9. The number of ether oxygens (including phenoxy) is 1. The number of carbonyl (C=O) groups is 1. The summed E-state index contributed by atoms with van der Waals surface area (Å²) < 4.78 is 31.6. The number of halogens is 2. The third-order valence-electron chi connectivity index (χ3n) is 3.23. The van der Waals surface area contributed by atoms with Crippen LogP contribution in [-0.4, -0.2) is 15.9 Å². The standard InChI is InChI=1S/C18H13F2N3O2/c19-13-7-5-12(6-8-13)9-17(24)23-14-10-21-18(22-11-14)25-16-4-2-1-3-15(16)20/h1-8,10-11H,9H2,(H,23,24). The van der Waals surface area contributed by atoms with Gasteiger partial charge in [0.2, 0.25) is 5.91 Å². The topological polar surface area (TPSA) is 64.1 Å². The van der Waals surface area contributed by atoms with Gasteiger partial charge < -0.3 is 10.1 Å². The van der Waals surface area contributed by atoms with E-state index in [0.717, 1.165) is 0 Å². The number of amides is 1. The smallest absolute Gasteiger partial charge is 0.322 e. The number of aromatic nitrogens is 2. The van der Waals surface area contributed by atoms with Gasteiger partial charge in [-0.05, 0) is 29.8 Å². The lowest BCUT2D eigenvalue weighted by Gasteiger charge is -2.07. The first-order chi connectivity index (χ1) is 12.1. The molecule has 0 aliphatic rings. The molecule has 7 heteroatoms. The highest BCUT2D eigenvalue weighted by Crippen LogP contribution is 2.21. The molecule has 0 atom stereocenters. The van der Waals surface area contributed by atoms with Crippen molar-refractivity contribution in [2.75, 3.05) is 5.32 Å². The Morgan fingerprint density at radius 1 is 1.00 bits per heavy atom. The van der Waals surface area contributed by atoms with Crippen molar-refractivity contribution in [3.63, 3.8) is 0 Å². The van der Waals surface area contributed by atoms with Gasteiger partial charge in [0.05, 0.1) is 24.5 Å². The first-order valence-corrected chi connectivity index (χ1v) is 7.39. The predicted molar refractivity (Wildman–Crippen MR) is 87.2 cm³/mol. The molecule has 25 heavy (non-hydrogen) atoms. The zero-order chi connectivity index (χ0) is 17.6. The van der Waals surface area contributed by atoms with E-state index in [9.17, 15) is 13.6 Å². The van der Waals surface area contributed by atoms with Crippen molar-refractivity contribution in [1.82, 2.24) is 9.97 Å². The minimum absolute atomic E-state index is 0.00981. The minimum atomic E-state index is -0.525. The Balaban J connectivity index is 1.59. The van der Waals surface area contributed by atoms with Crippen LogP contribution in [0.4, 0.5) is 14.5 Å². The highest BCUT2D eigenvalue weighted by atomic mass is 19.1. The fourth-order valence-corrected chi connectivity index (χ4v) is 2.05. The Kier molecular flexibility index (Phi) is 4.94. The van der Waals surface area contributed by atoms with Gasteiger partial charge in [0.15, 0.2) is 11.6 Å². The number of benzene rings is 2. The Hall–Kier alpha value is -3.35. The van der Waals surface area contributed by atoms with Crippen molar-refractivity contribution < 1.29 is 18.3 Å². The quantitative estimate of drug-likeness (QED) is 0.768. The lowest BCUT2D eigenvalue weighted by atomic mass is 10.1. The first-order valence-electron chi connectivity index (χ1n) is 7.39. The Morgan fingerprint density at radius 3 is 2.36 bits per heavy atom. The number of nitrogens with zero attached hydrogens (tertiary/aromatic N) is 2. The molecule has 0 aliphatic carbocycles. The van der Waals surface area contributed by atoms with Gasteiger partial charge in [-0.2, -0.15) is 0 Å². The highest BCUT2D eigenvalue weighted by molar-refractivity contribution is 5.91. The van der Waals surface area contributed by atoms with Crippen molar-refractivity contribution in [2.45, 2.75) is 6.42 Å². The van der Waals surface area contributed by atoms with Gasteiger partial charge in [-0.15, -0.1) is 0 Å². The molecule has 2 aromatic carbocycles. The van der Waals surface area contributed by atoms with Gasteiger partial charge in [-0.1, -0.05) is 24.3 Å². The van der Waals surface area contributed by atoms with E-state index in [-0.39, 0.29) is 29.9 Å². The molecule has 3 rings (SSSR count). The second-order valence-electron chi connectivity index (χ2n) is 5.14. The van der Waals surface area contributed by atoms with E-state index < -0.39 is 5.82 Å². The van der Waals surface area contributed by atoms with Crippen LogP contribution in [0.5, 0.6) is 11.8 Å².